The van der Waals surface area contributed by atoms with Crippen LogP contribution in [0.25, 0.3) is 22.6 Å². The zero-order valence-corrected chi connectivity index (χ0v) is 15.8. The second-order valence-corrected chi connectivity index (χ2v) is 6.91. The summed E-state index contributed by atoms with van der Waals surface area (Å²) in [7, 11) is 0. The number of hydrogen-bond acceptors (Lipinski definition) is 6. The minimum absolute atomic E-state index is 0.291. The molecule has 1 aromatic carbocycles. The number of nitrogens with zero attached hydrogens (tertiary/aromatic N) is 3. The van der Waals surface area contributed by atoms with E-state index in [1.807, 2.05) is 6.07 Å². The van der Waals surface area contributed by atoms with E-state index < -0.39 is 18.2 Å². The maximum absolute atomic E-state index is 12.9. The molecule has 8 heteroatoms. The van der Waals surface area contributed by atoms with Gasteiger partial charge in [-0.15, -0.1) is 11.3 Å². The van der Waals surface area contributed by atoms with E-state index >= 15 is 0 Å². The number of imidazole rings is 1. The van der Waals surface area contributed by atoms with Gasteiger partial charge in [0.15, 0.2) is 5.82 Å². The Balaban J connectivity index is 1.88. The SMILES string of the molecule is CCCCCCC(OC(=O)n1c(-c2cscn2)nc2ccccc21)C(=O)O. The summed E-state index contributed by atoms with van der Waals surface area (Å²) in [6.45, 7) is 2.08. The molecule has 0 saturated carbocycles. The standard InChI is InChI=1S/C19H21N3O4S/c1-2-3-4-5-10-16(18(23)24)26-19(25)22-15-9-7-6-8-13(15)21-17(22)14-11-27-12-20-14/h6-9,11-12,16H,2-5,10H2,1H3,(H,23,24). The number of aromatic nitrogens is 3. The molecule has 3 aromatic rings. The molecule has 0 fully saturated rings. The second kappa shape index (κ2) is 8.77. The highest BCUT2D eigenvalue weighted by Crippen LogP contribution is 2.25. The maximum Gasteiger partial charge on any atom is 0.421 e. The molecule has 2 aromatic heterocycles. The summed E-state index contributed by atoms with van der Waals surface area (Å²) in [6, 6.07) is 7.15. The maximum atomic E-state index is 12.9. The molecular weight excluding hydrogens is 366 g/mol. The third-order valence-corrected chi connectivity index (χ3v) is 4.83. The first-order chi connectivity index (χ1) is 13.1. The normalized spacial score (nSPS) is 12.2. The van der Waals surface area contributed by atoms with E-state index in [-0.39, 0.29) is 0 Å². The monoisotopic (exact) mass is 387 g/mol. The lowest BCUT2D eigenvalue weighted by molar-refractivity contribution is -0.147. The van der Waals surface area contributed by atoms with E-state index in [2.05, 4.69) is 16.9 Å². The predicted octanol–water partition coefficient (Wildman–Crippen LogP) is 4.57. The van der Waals surface area contributed by atoms with Crippen LogP contribution in [0, 0.1) is 0 Å². The zero-order valence-electron chi connectivity index (χ0n) is 15.0. The summed E-state index contributed by atoms with van der Waals surface area (Å²) in [6.07, 6.45) is 2.04. The number of benzene rings is 1. The zero-order chi connectivity index (χ0) is 19.2. The highest BCUT2D eigenvalue weighted by atomic mass is 32.1. The molecule has 0 spiro atoms. The minimum Gasteiger partial charge on any atom is -0.479 e. The molecular formula is C19H21N3O4S. The van der Waals surface area contributed by atoms with Crippen LogP contribution in [-0.4, -0.2) is 37.8 Å². The molecule has 0 aliphatic rings. The van der Waals surface area contributed by atoms with Crippen LogP contribution in [-0.2, 0) is 9.53 Å². The fraction of sp³-hybridized carbons (Fsp3) is 0.368. The van der Waals surface area contributed by atoms with Gasteiger partial charge in [0.2, 0.25) is 6.10 Å². The van der Waals surface area contributed by atoms with Crippen LogP contribution in [0.2, 0.25) is 0 Å². The van der Waals surface area contributed by atoms with Gasteiger partial charge < -0.3 is 9.84 Å². The van der Waals surface area contributed by atoms with Crippen molar-refractivity contribution in [1.82, 2.24) is 14.5 Å². The molecule has 0 aliphatic heterocycles. The van der Waals surface area contributed by atoms with Gasteiger partial charge in [0.1, 0.15) is 5.69 Å². The van der Waals surface area contributed by atoms with Crippen LogP contribution in [0.15, 0.2) is 35.2 Å². The summed E-state index contributed by atoms with van der Waals surface area (Å²) >= 11 is 1.39. The summed E-state index contributed by atoms with van der Waals surface area (Å²) in [5.74, 6) is -0.794. The Morgan fingerprint density at radius 3 is 2.78 bits per heavy atom. The topological polar surface area (TPSA) is 94.3 Å². The van der Waals surface area contributed by atoms with Crippen molar-refractivity contribution in [3.63, 3.8) is 0 Å². The highest BCUT2D eigenvalue weighted by Gasteiger charge is 2.26. The predicted molar refractivity (Wildman–Crippen MR) is 103 cm³/mol. The third kappa shape index (κ3) is 4.33. The fourth-order valence-corrected chi connectivity index (χ4v) is 3.40. The first kappa shape index (κ1) is 19.0. The second-order valence-electron chi connectivity index (χ2n) is 6.19. The van der Waals surface area contributed by atoms with Gasteiger partial charge in [-0.05, 0) is 25.0 Å². The number of aliphatic carboxylic acids is 1. The van der Waals surface area contributed by atoms with Gasteiger partial charge in [-0.2, -0.15) is 0 Å². The number of ether oxygens (including phenoxy) is 1. The fourth-order valence-electron chi connectivity index (χ4n) is 2.87. The number of carbonyl (C=O) groups excluding carboxylic acids is 1. The van der Waals surface area contributed by atoms with Crippen LogP contribution in [0.3, 0.4) is 0 Å². The summed E-state index contributed by atoms with van der Waals surface area (Å²) < 4.78 is 6.64. The molecule has 1 N–H and O–H groups in total. The van der Waals surface area contributed by atoms with Crippen molar-refractivity contribution >= 4 is 34.4 Å². The Morgan fingerprint density at radius 1 is 1.26 bits per heavy atom. The van der Waals surface area contributed by atoms with E-state index in [1.54, 1.807) is 29.1 Å². The molecule has 142 valence electrons. The number of hydrogen-bond donors (Lipinski definition) is 1. The lowest BCUT2D eigenvalue weighted by Gasteiger charge is -2.15. The average molecular weight is 387 g/mol. The molecule has 7 nitrogen and oxygen atoms in total. The lowest BCUT2D eigenvalue weighted by Crippen LogP contribution is -2.29. The van der Waals surface area contributed by atoms with Crippen molar-refractivity contribution in [2.45, 2.75) is 45.1 Å². The smallest absolute Gasteiger partial charge is 0.421 e. The van der Waals surface area contributed by atoms with Crippen molar-refractivity contribution in [3.05, 3.63) is 35.2 Å². The van der Waals surface area contributed by atoms with Crippen LogP contribution in [0.1, 0.15) is 39.0 Å². The Hall–Kier alpha value is -2.74. The van der Waals surface area contributed by atoms with Gasteiger partial charge in [-0.3, -0.25) is 0 Å². The van der Waals surface area contributed by atoms with Crippen LogP contribution < -0.4 is 0 Å². The van der Waals surface area contributed by atoms with Crippen LogP contribution >= 0.6 is 11.3 Å². The molecule has 27 heavy (non-hydrogen) atoms. The van der Waals surface area contributed by atoms with E-state index in [9.17, 15) is 14.7 Å². The van der Waals surface area contributed by atoms with E-state index in [0.717, 1.165) is 19.3 Å². The summed E-state index contributed by atoms with van der Waals surface area (Å²) in [5.41, 5.74) is 3.37. The Bertz CT molecular complexity index is 920. The Kier molecular flexibility index (Phi) is 6.18. The van der Waals surface area contributed by atoms with Crippen LogP contribution in [0.4, 0.5) is 4.79 Å². The van der Waals surface area contributed by atoms with Gasteiger partial charge in [-0.1, -0.05) is 38.3 Å². The minimum atomic E-state index is -1.18. The quantitative estimate of drug-likeness (QED) is 0.569. The molecule has 2 heterocycles. The van der Waals surface area contributed by atoms with Gasteiger partial charge in [0.05, 0.1) is 16.5 Å². The van der Waals surface area contributed by atoms with Gasteiger partial charge in [0, 0.05) is 5.38 Å². The molecule has 0 saturated heterocycles. The largest absolute Gasteiger partial charge is 0.479 e. The number of unbranched alkanes of at least 4 members (excludes halogenated alkanes) is 3. The summed E-state index contributed by atoms with van der Waals surface area (Å²) in [5, 5.41) is 11.2. The number of carbonyl (C=O) groups is 2. The van der Waals surface area contributed by atoms with Gasteiger partial charge in [0.25, 0.3) is 0 Å². The van der Waals surface area contributed by atoms with Crippen molar-refractivity contribution in [3.8, 4) is 11.5 Å². The molecule has 0 radical (unpaired) electrons. The Labute approximate surface area is 160 Å². The number of carboxylic acids is 1. The average Bonchev–Trinajstić information content (AvgIpc) is 3.31. The molecule has 3 rings (SSSR count). The highest BCUT2D eigenvalue weighted by molar-refractivity contribution is 7.07. The molecule has 1 unspecified atom stereocenters. The van der Waals surface area contributed by atoms with E-state index in [1.165, 1.54) is 15.9 Å². The molecule has 0 bridgehead atoms. The number of carboxylic acid groups (broad SMARTS) is 1. The van der Waals surface area contributed by atoms with Gasteiger partial charge >= 0.3 is 12.1 Å². The van der Waals surface area contributed by atoms with Crippen molar-refractivity contribution in [1.29, 1.82) is 0 Å². The molecule has 1 atom stereocenters. The van der Waals surface area contributed by atoms with Crippen molar-refractivity contribution < 1.29 is 19.4 Å². The van der Waals surface area contributed by atoms with Crippen molar-refractivity contribution in [2.75, 3.05) is 0 Å². The number of thiazole rings is 1. The summed E-state index contributed by atoms with van der Waals surface area (Å²) in [4.78, 5) is 33.1. The lowest BCUT2D eigenvalue weighted by atomic mass is 10.1. The molecule has 0 amide bonds. The van der Waals surface area contributed by atoms with E-state index in [0.29, 0.717) is 35.4 Å². The third-order valence-electron chi connectivity index (χ3n) is 4.24. The first-order valence-corrected chi connectivity index (χ1v) is 9.86. The number of fused-ring (bicyclic) bond motifs is 1. The number of rotatable bonds is 8. The van der Waals surface area contributed by atoms with Gasteiger partial charge in [-0.25, -0.2) is 24.1 Å². The first-order valence-electron chi connectivity index (χ1n) is 8.91. The van der Waals surface area contributed by atoms with Crippen molar-refractivity contribution in [2.24, 2.45) is 0 Å². The molecule has 0 aliphatic carbocycles. The van der Waals surface area contributed by atoms with E-state index in [4.69, 9.17) is 4.74 Å². The Morgan fingerprint density at radius 2 is 2.07 bits per heavy atom. The van der Waals surface area contributed by atoms with Crippen LogP contribution in [0.5, 0.6) is 0 Å². The number of para-hydroxylation sites is 2.